The largest absolute Gasteiger partial charge is 0.264 e. The van der Waals surface area contributed by atoms with Gasteiger partial charge in [-0.1, -0.05) is 237 Å². The van der Waals surface area contributed by atoms with Crippen LogP contribution in [0.3, 0.4) is 0 Å². The summed E-state index contributed by atoms with van der Waals surface area (Å²) in [6, 6.07) is 79.7. The Bertz CT molecular complexity index is 5900. The van der Waals surface area contributed by atoms with E-state index < -0.39 is 0 Å². The minimum atomic E-state index is 0. The highest BCUT2D eigenvalue weighted by Crippen LogP contribution is 2.39. The number of hydrogen-bond donors (Lipinski definition) is 0. The number of rotatable bonds is 1. The quantitative estimate of drug-likeness (QED) is 0.150. The molecule has 0 fully saturated rings. The Labute approximate surface area is 704 Å². The van der Waals surface area contributed by atoms with Crippen LogP contribution in [0.1, 0.15) is 180 Å². The van der Waals surface area contributed by atoms with E-state index in [9.17, 15) is 0 Å². The molecule has 0 aliphatic heterocycles. The fourth-order valence-corrected chi connectivity index (χ4v) is 14.0. The van der Waals surface area contributed by atoms with Gasteiger partial charge in [-0.3, -0.25) is 24.9 Å². The molecule has 0 aliphatic rings. The van der Waals surface area contributed by atoms with Gasteiger partial charge in [-0.15, -0.1) is 0 Å². The fraction of sp³-hybridized carbons (Fsp3) is 0.0787. The van der Waals surface area contributed by atoms with Gasteiger partial charge < -0.3 is 0 Å². The Kier molecular flexibility index (Phi) is 7.37. The molecule has 6 heterocycles. The molecule has 14 aromatic carbocycles. The van der Waals surface area contributed by atoms with Gasteiger partial charge in [0.25, 0.3) is 0 Å². The SMILES string of the molecule is C.CCc1ncc2c3ccccc3c3ccccc3c2n1.Cc1cnc2c3ccccc3c3ccccc3c2n1.[2H]Cc1ccc2c3ccccc3c3ccncc3c2c1.[2H]Cc1ccc2c3ccccc3c3ncccc3c2c1.[2H]Cc1ccc2c3ccncc3c3ccncc3c2c1.[2H][2H].[2H][2H].[2H][2H].[2H][2H].[2H][2H].[2H][2H].[2H][2H].[2H][2H].[2H][2H].[2H][2H].[2H][2H].[2H][2H].[2H][2H].[2H][2H].[2H][2H].[2H][2H].[2H][2H].[2H][2H].[2H][2H].[2H][2H].[2H][2H].[2H][2H].[2H][2H].[2H][2H].[2H][2H].[2H][2H].[2H][2H].[2H][2H].[2H][2H].[2H][2H].[2H][2H].[2H][2H].[2H][2H].[2H][2H].[2H][2H].[2H][2H].[2H][2H].[2H][2H].[2H][2H].[2H][2H].[2H][2H].[2H][2H].[2H][2H].[2H][2H].[2H][2H]. The second kappa shape index (κ2) is 25.9. The molecule has 0 bridgehead atoms. The maximum Gasteiger partial charge on any atom is 0.128 e. The lowest BCUT2D eigenvalue weighted by molar-refractivity contribution is 0.963. The summed E-state index contributed by atoms with van der Waals surface area (Å²) in [4.78, 5) is 35.9. The zero-order valence-electron chi connectivity index (χ0n) is 146. The van der Waals surface area contributed by atoms with E-state index in [2.05, 4.69) is 237 Å². The first-order chi connectivity index (χ1) is 93.9. The number of hydrogen-bond acceptors (Lipinski definition) is 8. The number of benzene rings is 14. The zero-order valence-corrected chi connectivity index (χ0v) is 53.0. The Morgan fingerprint density at radius 3 is 1.05 bits per heavy atom. The molecule has 0 aliphatic carbocycles. The summed E-state index contributed by atoms with van der Waals surface area (Å²) in [6.07, 6.45) is 17.7. The first kappa shape index (κ1) is 27.6. The lowest BCUT2D eigenvalue weighted by Crippen LogP contribution is -1.94. The molecule has 20 aromatic rings. The van der Waals surface area contributed by atoms with Gasteiger partial charge >= 0.3 is 0 Å². The second-order valence-electron chi connectivity index (χ2n) is 24.2. The molecule has 0 N–H and O–H groups in total. The Hall–Kier alpha value is -12.3. The maximum atomic E-state index is 7.57. The van der Waals surface area contributed by atoms with Crippen LogP contribution in [0.15, 0.2) is 286 Å². The van der Waals surface area contributed by atoms with Gasteiger partial charge in [0.2, 0.25) is 0 Å². The van der Waals surface area contributed by atoms with Gasteiger partial charge in [0.1, 0.15) is 5.82 Å². The van der Waals surface area contributed by atoms with Gasteiger partial charge in [-0.05, 0) is 143 Å². The number of fused-ring (bicyclic) bond motifs is 30. The van der Waals surface area contributed by atoms with Crippen molar-refractivity contribution in [3.05, 3.63) is 315 Å². The van der Waals surface area contributed by atoms with Crippen molar-refractivity contribution in [3.63, 3.8) is 0 Å². The second-order valence-corrected chi connectivity index (χ2v) is 24.2. The number of aryl methyl sites for hydroxylation is 5. The third-order valence-electron chi connectivity index (χ3n) is 18.3. The predicted molar refractivity (Wildman–Crippen MR) is 507 cm³/mol. The summed E-state index contributed by atoms with van der Waals surface area (Å²) in [5.41, 5.74) is 8.14. The lowest BCUT2D eigenvalue weighted by atomic mass is 9.94. The van der Waals surface area contributed by atoms with Crippen molar-refractivity contribution >= 4 is 162 Å². The van der Waals surface area contributed by atoms with Crippen LogP contribution in [0.2, 0.25) is 0 Å². The van der Waals surface area contributed by atoms with Crippen molar-refractivity contribution in [2.45, 2.75) is 48.4 Å². The summed E-state index contributed by atoms with van der Waals surface area (Å²) in [7, 11) is 0. The molecule has 8 heteroatoms. The van der Waals surface area contributed by atoms with E-state index in [1.54, 1.807) is 0 Å². The van der Waals surface area contributed by atoms with Crippen LogP contribution in [0.25, 0.3) is 162 Å². The number of nitrogens with zero attached hydrogens (tertiary/aromatic N) is 8. The molecular formula is C89H158N8. The molecule has 0 atom stereocenters. The van der Waals surface area contributed by atoms with Crippen molar-refractivity contribution in [2.24, 2.45) is 0 Å². The molecule has 97 heavy (non-hydrogen) atoms. The summed E-state index contributed by atoms with van der Waals surface area (Å²) < 4.78 is 473. The van der Waals surface area contributed by atoms with Gasteiger partial charge in [0, 0.05) is 248 Å². The van der Waals surface area contributed by atoms with E-state index in [4.69, 9.17) is 148 Å². The zero-order chi connectivity index (χ0) is 157. The van der Waals surface area contributed by atoms with Crippen LogP contribution in [0.5, 0.6) is 0 Å². The number of aromatic nitrogens is 8. The maximum absolute atomic E-state index is 7.57. The topological polar surface area (TPSA) is 103 Å². The molecule has 0 amide bonds. The van der Waals surface area contributed by atoms with E-state index in [0.717, 1.165) is 94.4 Å². The molecule has 0 radical (unpaired) electrons. The Morgan fingerprint density at radius 2 is 0.608 bits per heavy atom. The van der Waals surface area contributed by atoms with E-state index >= 15 is 0 Å². The average Bonchev–Trinajstić information content (AvgIpc) is 0.759. The third kappa shape index (κ3) is 11.1. The van der Waals surface area contributed by atoms with Crippen molar-refractivity contribution in [1.82, 2.24) is 39.9 Å². The van der Waals surface area contributed by atoms with Crippen LogP contribution in [0, 0.1) is 27.6 Å². The van der Waals surface area contributed by atoms with E-state index in [1.165, 1.54) is 102 Å². The summed E-state index contributed by atoms with van der Waals surface area (Å²) in [5, 5.41) is 31.3. The fourth-order valence-electron chi connectivity index (χ4n) is 14.0. The molecule has 0 saturated carbocycles. The first-order valence-corrected chi connectivity index (χ1v) is 32.2. The molecule has 6 aromatic heterocycles. The van der Waals surface area contributed by atoms with Crippen molar-refractivity contribution < 1.29 is 138 Å². The van der Waals surface area contributed by atoms with E-state index in [0.29, 0.717) is 20.7 Å². The molecule has 8 nitrogen and oxygen atoms in total. The average molecular weight is 1430 g/mol. The third-order valence-corrected chi connectivity index (χ3v) is 18.3. The highest BCUT2D eigenvalue weighted by atomic mass is 14.9. The van der Waals surface area contributed by atoms with Crippen LogP contribution >= 0.6 is 0 Å². The van der Waals surface area contributed by atoms with Crippen molar-refractivity contribution in [1.29, 1.82) is 0 Å². The Morgan fingerprint density at radius 1 is 0.278 bits per heavy atom. The Balaban J connectivity index is -0.0000000498. The highest BCUT2D eigenvalue weighted by molar-refractivity contribution is 6.28. The molecular weight excluding hydrogens is 1180 g/mol. The summed E-state index contributed by atoms with van der Waals surface area (Å²) in [6.45, 7) is 4.99. The van der Waals surface area contributed by atoms with Crippen LogP contribution in [-0.4, -0.2) is 39.9 Å². The molecule has 0 unspecified atom stereocenters. The highest BCUT2D eigenvalue weighted by Gasteiger charge is 2.15. The molecule has 20 rings (SSSR count). The minimum Gasteiger partial charge on any atom is -0.264 e. The lowest BCUT2D eigenvalue weighted by Gasteiger charge is -2.10. The predicted octanol–water partition coefficient (Wildman–Crippen LogP) is 34.4. The normalized spacial score (nSPS) is 15.4. The van der Waals surface area contributed by atoms with Crippen LogP contribution in [0.4, 0.5) is 0 Å². The summed E-state index contributed by atoms with van der Waals surface area (Å²) in [5.74, 6) is 0.901. The molecule has 0 spiro atoms. The van der Waals surface area contributed by atoms with E-state index in [1.807, 2.05) is 93.0 Å². The van der Waals surface area contributed by atoms with Crippen molar-refractivity contribution in [2.75, 3.05) is 0 Å². The standard InChI is InChI=1S/C18H14N2.2C18H13N.2C17H12N2.CH4.45H2/c1-2-17-19-11-16-14-9-4-3-7-12(14)13-8-5-6-10-15(13)18(16)20-17;1-12-8-9-14-13-5-2-3-6-15(13)18-16(17(14)11-12)7-4-10-19-18;1-12-6-7-15-13-4-2-3-5-14(13)16-8-9-19-11-18(16)17(15)10-12;1-11-10-18-16-14-8-4-2-6-12(14)13-7-3-5-9-15(13)17(16)19-11;1-11-2-3-12-13-4-6-18-9-16(13)14-5-7-19-10-17(14)15(12)8-11;;;;;;;;;;;;;;;;;;;;;;;;;;;;;;;;;;;;;;;;;;;;;;/h3-11H,2H2,1H3;2*2-11H,1H3;2*2-10H,1H3;1H4;45*1H/i;2*1D;;1D;;45*1+1D. The minimum absolute atomic E-state index is 0. The van der Waals surface area contributed by atoms with Gasteiger partial charge in [-0.2, -0.15) is 0 Å². The van der Waals surface area contributed by atoms with Crippen molar-refractivity contribution in [3.8, 4) is 0 Å². The monoisotopic (exact) mass is 1430 g/mol. The van der Waals surface area contributed by atoms with Gasteiger partial charge in [0.05, 0.1) is 27.8 Å². The van der Waals surface area contributed by atoms with Gasteiger partial charge in [0.15, 0.2) is 0 Å². The van der Waals surface area contributed by atoms with Crippen LogP contribution in [-0.2, 0) is 6.42 Å². The van der Waals surface area contributed by atoms with Gasteiger partial charge in [-0.25, -0.2) is 15.0 Å². The smallest absolute Gasteiger partial charge is 0.128 e. The first-order valence-electron chi connectivity index (χ1n) is 79.3. The molecule has 554 valence electrons. The van der Waals surface area contributed by atoms with Crippen LogP contribution < -0.4 is 0 Å². The molecule has 0 saturated heterocycles. The van der Waals surface area contributed by atoms with E-state index in [-0.39, 0.29) is 7.43 Å². The summed E-state index contributed by atoms with van der Waals surface area (Å²) >= 11 is 0. The number of pyridine rings is 4.